The van der Waals surface area contributed by atoms with Crippen LogP contribution in [0.5, 0.6) is 0 Å². The van der Waals surface area contributed by atoms with Crippen LogP contribution < -0.4 is 5.73 Å². The van der Waals surface area contributed by atoms with Crippen LogP contribution in [0.3, 0.4) is 0 Å². The van der Waals surface area contributed by atoms with E-state index in [9.17, 15) is 13.2 Å². The van der Waals surface area contributed by atoms with Crippen molar-refractivity contribution in [3.05, 3.63) is 0 Å². The summed E-state index contributed by atoms with van der Waals surface area (Å²) in [6.07, 6.45) is -0.389. The Morgan fingerprint density at radius 1 is 1.39 bits per heavy atom. The lowest BCUT2D eigenvalue weighted by molar-refractivity contribution is -0.148. The number of nitrogens with two attached hydrogens (primary N) is 1. The Morgan fingerprint density at radius 2 is 2.00 bits per heavy atom. The fourth-order valence-electron chi connectivity index (χ4n) is 2.40. The zero-order valence-corrected chi connectivity index (χ0v) is 10.1. The third-order valence-electron chi connectivity index (χ3n) is 3.63. The zero-order valence-electron chi connectivity index (χ0n) is 10.1. The molecule has 0 bridgehead atoms. The minimum Gasteiger partial charge on any atom is -0.409 e. The monoisotopic (exact) mass is 265 g/mol. The van der Waals surface area contributed by atoms with Gasteiger partial charge in [-0.3, -0.25) is 4.90 Å². The van der Waals surface area contributed by atoms with Gasteiger partial charge in [-0.25, -0.2) is 0 Å². The van der Waals surface area contributed by atoms with Crippen LogP contribution in [0.15, 0.2) is 5.16 Å². The van der Waals surface area contributed by atoms with Crippen LogP contribution >= 0.6 is 0 Å². The quantitative estimate of drug-likeness (QED) is 0.334. The molecule has 7 heteroatoms. The minimum atomic E-state index is -4.16. The third kappa shape index (κ3) is 3.76. The second-order valence-corrected chi connectivity index (χ2v) is 5.52. The Bertz CT molecular complexity index is 335. The van der Waals surface area contributed by atoms with Crippen molar-refractivity contribution in [2.45, 2.75) is 44.3 Å². The number of amidine groups is 1. The van der Waals surface area contributed by atoms with Gasteiger partial charge in [-0.05, 0) is 31.1 Å². The number of halogens is 3. The molecule has 2 rings (SSSR count). The predicted octanol–water partition coefficient (Wildman–Crippen LogP) is 1.93. The van der Waals surface area contributed by atoms with Crippen molar-refractivity contribution >= 4 is 5.84 Å². The molecule has 0 heterocycles. The molecule has 104 valence electrons. The van der Waals surface area contributed by atoms with E-state index in [-0.39, 0.29) is 17.3 Å². The molecule has 0 amide bonds. The summed E-state index contributed by atoms with van der Waals surface area (Å²) in [6, 6.07) is 0.0661. The average molecular weight is 265 g/mol. The van der Waals surface area contributed by atoms with Crippen molar-refractivity contribution in [3.63, 3.8) is 0 Å². The second kappa shape index (κ2) is 4.60. The first kappa shape index (κ1) is 13.5. The Balaban J connectivity index is 1.92. The number of hydrogen-bond donors (Lipinski definition) is 2. The molecule has 0 aliphatic heterocycles. The molecule has 2 aliphatic carbocycles. The van der Waals surface area contributed by atoms with Crippen LogP contribution in [0.2, 0.25) is 0 Å². The maximum Gasteiger partial charge on any atom is 0.401 e. The van der Waals surface area contributed by atoms with E-state index in [4.69, 9.17) is 10.9 Å². The van der Waals surface area contributed by atoms with Gasteiger partial charge in [0.05, 0.1) is 6.54 Å². The predicted molar refractivity (Wildman–Crippen MR) is 60.3 cm³/mol. The smallest absolute Gasteiger partial charge is 0.401 e. The van der Waals surface area contributed by atoms with Crippen molar-refractivity contribution in [2.24, 2.45) is 16.3 Å². The molecule has 18 heavy (non-hydrogen) atoms. The van der Waals surface area contributed by atoms with Gasteiger partial charge < -0.3 is 10.9 Å². The Morgan fingerprint density at radius 3 is 2.39 bits per heavy atom. The van der Waals surface area contributed by atoms with Crippen molar-refractivity contribution in [1.29, 1.82) is 0 Å². The lowest BCUT2D eigenvalue weighted by Gasteiger charge is -2.28. The average Bonchev–Trinajstić information content (AvgIpc) is 3.08. The molecule has 0 saturated heterocycles. The fourth-order valence-corrected chi connectivity index (χ4v) is 2.40. The van der Waals surface area contributed by atoms with E-state index in [0.29, 0.717) is 13.0 Å². The van der Waals surface area contributed by atoms with Crippen LogP contribution in [0.4, 0.5) is 13.2 Å². The fraction of sp³-hybridized carbons (Fsp3) is 0.909. The lowest BCUT2D eigenvalue weighted by Crippen LogP contribution is -2.40. The highest BCUT2D eigenvalue weighted by molar-refractivity contribution is 5.80. The van der Waals surface area contributed by atoms with Crippen LogP contribution in [-0.2, 0) is 0 Å². The van der Waals surface area contributed by atoms with Crippen LogP contribution in [0, 0.1) is 5.41 Å². The Hall–Kier alpha value is -0.980. The standard InChI is InChI=1S/C11H18F3N3O/c12-11(13,14)7-17(8-1-2-8)6-10(3-4-10)5-9(15)16-18/h8,18H,1-7H2,(H2,15,16). The molecule has 0 aromatic carbocycles. The van der Waals surface area contributed by atoms with Gasteiger partial charge in [0.25, 0.3) is 0 Å². The summed E-state index contributed by atoms with van der Waals surface area (Å²) in [5, 5.41) is 11.4. The molecular formula is C11H18F3N3O. The first-order valence-corrected chi connectivity index (χ1v) is 6.11. The third-order valence-corrected chi connectivity index (χ3v) is 3.63. The molecule has 4 nitrogen and oxygen atoms in total. The highest BCUT2D eigenvalue weighted by Gasteiger charge is 2.48. The molecule has 0 aromatic heterocycles. The van der Waals surface area contributed by atoms with Crippen molar-refractivity contribution in [3.8, 4) is 0 Å². The number of alkyl halides is 3. The van der Waals surface area contributed by atoms with E-state index in [1.807, 2.05) is 0 Å². The van der Waals surface area contributed by atoms with E-state index < -0.39 is 12.7 Å². The highest BCUT2D eigenvalue weighted by atomic mass is 19.4. The second-order valence-electron chi connectivity index (χ2n) is 5.52. The number of nitrogens with zero attached hydrogens (tertiary/aromatic N) is 2. The van der Waals surface area contributed by atoms with Crippen LogP contribution in [0.1, 0.15) is 32.1 Å². The van der Waals surface area contributed by atoms with Gasteiger partial charge in [0.1, 0.15) is 5.84 Å². The Labute approximate surface area is 104 Å². The van der Waals surface area contributed by atoms with Crippen molar-refractivity contribution in [2.75, 3.05) is 13.1 Å². The van der Waals surface area contributed by atoms with E-state index in [1.165, 1.54) is 4.90 Å². The topological polar surface area (TPSA) is 61.8 Å². The molecule has 2 saturated carbocycles. The number of oxime groups is 1. The van der Waals surface area contributed by atoms with Gasteiger partial charge in [-0.15, -0.1) is 0 Å². The number of hydrogen-bond acceptors (Lipinski definition) is 3. The van der Waals surface area contributed by atoms with Gasteiger partial charge in [0.2, 0.25) is 0 Å². The molecule has 0 atom stereocenters. The van der Waals surface area contributed by atoms with Gasteiger partial charge in [0.15, 0.2) is 0 Å². The van der Waals surface area contributed by atoms with Crippen molar-refractivity contribution < 1.29 is 18.4 Å². The van der Waals surface area contributed by atoms with Crippen molar-refractivity contribution in [1.82, 2.24) is 4.90 Å². The maximum atomic E-state index is 12.5. The molecule has 0 unspecified atom stereocenters. The zero-order chi connectivity index (χ0) is 13.4. The summed E-state index contributed by atoms with van der Waals surface area (Å²) in [7, 11) is 0. The summed E-state index contributed by atoms with van der Waals surface area (Å²) < 4.78 is 37.5. The SMILES string of the molecule is NC(CC1(CN(CC(F)(F)F)C2CC2)CC1)=NO. The summed E-state index contributed by atoms with van der Waals surface area (Å²) in [4.78, 5) is 1.51. The van der Waals surface area contributed by atoms with Crippen LogP contribution in [0.25, 0.3) is 0 Å². The first-order chi connectivity index (χ1) is 8.34. The molecular weight excluding hydrogens is 247 g/mol. The highest BCUT2D eigenvalue weighted by Crippen LogP contribution is 2.50. The molecule has 2 fully saturated rings. The van der Waals surface area contributed by atoms with Gasteiger partial charge in [-0.1, -0.05) is 5.16 Å². The number of rotatable bonds is 6. The van der Waals surface area contributed by atoms with Gasteiger partial charge in [0, 0.05) is 19.0 Å². The molecule has 0 spiro atoms. The van der Waals surface area contributed by atoms with Gasteiger partial charge in [-0.2, -0.15) is 13.2 Å². The molecule has 0 aromatic rings. The largest absolute Gasteiger partial charge is 0.409 e. The summed E-state index contributed by atoms with van der Waals surface area (Å²) in [5.74, 6) is 0.107. The van der Waals surface area contributed by atoms with E-state index in [2.05, 4.69) is 5.16 Å². The van der Waals surface area contributed by atoms with Gasteiger partial charge >= 0.3 is 6.18 Å². The summed E-state index contributed by atoms with van der Waals surface area (Å²) >= 11 is 0. The first-order valence-electron chi connectivity index (χ1n) is 6.11. The van der Waals surface area contributed by atoms with E-state index in [1.54, 1.807) is 0 Å². The van der Waals surface area contributed by atoms with Crippen LogP contribution in [-0.4, -0.2) is 41.3 Å². The maximum absolute atomic E-state index is 12.5. The normalized spacial score (nSPS) is 23.4. The summed E-state index contributed by atoms with van der Waals surface area (Å²) in [5.41, 5.74) is 5.25. The molecule has 3 N–H and O–H groups in total. The van der Waals surface area contributed by atoms with E-state index in [0.717, 1.165) is 25.7 Å². The van der Waals surface area contributed by atoms with E-state index >= 15 is 0 Å². The lowest BCUT2D eigenvalue weighted by atomic mass is 10.0. The summed E-state index contributed by atoms with van der Waals surface area (Å²) in [6.45, 7) is -0.455. The molecule has 0 radical (unpaired) electrons. The Kier molecular flexibility index (Phi) is 3.44. The molecule has 2 aliphatic rings. The minimum absolute atomic E-state index is 0.0661.